The van der Waals surface area contributed by atoms with Gasteiger partial charge < -0.3 is 5.73 Å². The van der Waals surface area contributed by atoms with Gasteiger partial charge in [0.2, 0.25) is 0 Å². The summed E-state index contributed by atoms with van der Waals surface area (Å²) in [4.78, 5) is 0. The molecule has 0 amide bonds. The molecule has 0 bridgehead atoms. The molecule has 0 saturated carbocycles. The average molecular weight is 396 g/mol. The molecule has 1 aromatic carbocycles. The molecule has 108 valence electrons. The van der Waals surface area contributed by atoms with Crippen molar-refractivity contribution in [3.8, 4) is 0 Å². The molecule has 0 fully saturated rings. The lowest BCUT2D eigenvalue weighted by molar-refractivity contribution is 0.594. The molecule has 0 atom stereocenters. The number of nitrogen functional groups attached to an aromatic ring is 1. The van der Waals surface area contributed by atoms with Crippen molar-refractivity contribution >= 4 is 60.3 Å². The summed E-state index contributed by atoms with van der Waals surface area (Å²) in [5.41, 5.74) is 6.76. The minimum absolute atomic E-state index is 0.193. The first-order valence-electron chi connectivity index (χ1n) is 5.69. The first-order valence-corrected chi connectivity index (χ1v) is 9.12. The highest BCUT2D eigenvalue weighted by Crippen LogP contribution is 2.37. The topological polar surface area (TPSA) is 63.4 Å². The summed E-state index contributed by atoms with van der Waals surface area (Å²) in [6.45, 7) is 2.07. The van der Waals surface area contributed by atoms with Crippen LogP contribution in [0.1, 0.15) is 6.92 Å². The fourth-order valence-corrected chi connectivity index (χ4v) is 5.71. The molecule has 2 N–H and O–H groups in total. The summed E-state index contributed by atoms with van der Waals surface area (Å²) >= 11 is 10.2. The Morgan fingerprint density at radius 2 is 2.10 bits per heavy atom. The SMILES string of the molecule is CCN(c1cccc(N)c1)S(=O)(=O)c1cc(Cl)c(Br)s1. The normalized spacial score (nSPS) is 11.6. The first-order chi connectivity index (χ1) is 9.36. The van der Waals surface area contributed by atoms with Crippen LogP contribution in [-0.4, -0.2) is 15.0 Å². The zero-order chi connectivity index (χ0) is 14.9. The van der Waals surface area contributed by atoms with E-state index in [0.717, 1.165) is 11.3 Å². The van der Waals surface area contributed by atoms with E-state index in [9.17, 15) is 8.42 Å². The van der Waals surface area contributed by atoms with Gasteiger partial charge in [0.15, 0.2) is 0 Å². The lowest BCUT2D eigenvalue weighted by Crippen LogP contribution is -2.30. The van der Waals surface area contributed by atoms with Crippen LogP contribution < -0.4 is 10.0 Å². The second kappa shape index (κ2) is 5.93. The molecule has 8 heteroatoms. The Labute approximate surface area is 135 Å². The third-order valence-electron chi connectivity index (χ3n) is 2.61. The smallest absolute Gasteiger partial charge is 0.273 e. The van der Waals surface area contributed by atoms with E-state index in [1.807, 2.05) is 0 Å². The monoisotopic (exact) mass is 394 g/mol. The van der Waals surface area contributed by atoms with Gasteiger partial charge in [0, 0.05) is 12.2 Å². The molecule has 1 heterocycles. The van der Waals surface area contributed by atoms with Gasteiger partial charge in [0.05, 0.1) is 14.5 Å². The molecule has 0 spiro atoms. The van der Waals surface area contributed by atoms with E-state index >= 15 is 0 Å². The molecule has 0 saturated heterocycles. The van der Waals surface area contributed by atoms with Crippen LogP contribution in [0.5, 0.6) is 0 Å². The molecule has 0 radical (unpaired) electrons. The minimum Gasteiger partial charge on any atom is -0.399 e. The Morgan fingerprint density at radius 1 is 1.40 bits per heavy atom. The van der Waals surface area contributed by atoms with Gasteiger partial charge in [0.1, 0.15) is 4.21 Å². The van der Waals surface area contributed by atoms with Crippen molar-refractivity contribution in [1.29, 1.82) is 0 Å². The van der Waals surface area contributed by atoms with Crippen molar-refractivity contribution in [2.24, 2.45) is 0 Å². The summed E-state index contributed by atoms with van der Waals surface area (Å²) in [5, 5.41) is 0.386. The molecule has 4 nitrogen and oxygen atoms in total. The first kappa shape index (κ1) is 15.6. The molecular formula is C12H12BrClN2O2S2. The summed E-state index contributed by atoms with van der Waals surface area (Å²) in [6.07, 6.45) is 0. The van der Waals surface area contributed by atoms with E-state index in [1.54, 1.807) is 31.2 Å². The standard InChI is InChI=1S/C12H12BrClN2O2S2/c1-2-16(9-5-3-4-8(15)6-9)20(17,18)11-7-10(14)12(13)19-11/h3-7H,2,15H2,1H3. The summed E-state index contributed by atoms with van der Waals surface area (Å²) < 4.78 is 27.4. The van der Waals surface area contributed by atoms with Gasteiger partial charge in [-0.15, -0.1) is 11.3 Å². The number of nitrogens with zero attached hydrogens (tertiary/aromatic N) is 1. The summed E-state index contributed by atoms with van der Waals surface area (Å²) in [7, 11) is -3.64. The van der Waals surface area contributed by atoms with Gasteiger partial charge in [-0.1, -0.05) is 17.7 Å². The molecule has 2 rings (SSSR count). The molecule has 2 aromatic rings. The largest absolute Gasteiger partial charge is 0.399 e. The van der Waals surface area contributed by atoms with Crippen molar-refractivity contribution < 1.29 is 8.42 Å². The van der Waals surface area contributed by atoms with Crippen LogP contribution >= 0.6 is 38.9 Å². The molecule has 0 aliphatic heterocycles. The van der Waals surface area contributed by atoms with Crippen molar-refractivity contribution in [2.75, 3.05) is 16.6 Å². The fourth-order valence-electron chi connectivity index (χ4n) is 1.73. The number of hydrogen-bond donors (Lipinski definition) is 1. The van der Waals surface area contributed by atoms with Crippen LogP contribution in [0.3, 0.4) is 0 Å². The van der Waals surface area contributed by atoms with E-state index in [1.165, 1.54) is 10.4 Å². The van der Waals surface area contributed by atoms with Crippen LogP contribution in [-0.2, 0) is 10.0 Å². The highest BCUT2D eigenvalue weighted by Gasteiger charge is 2.26. The maximum atomic E-state index is 12.7. The van der Waals surface area contributed by atoms with E-state index in [0.29, 0.717) is 26.7 Å². The van der Waals surface area contributed by atoms with Crippen LogP contribution in [0.15, 0.2) is 38.3 Å². The number of halogens is 2. The predicted octanol–water partition coefficient (Wildman–Crippen LogP) is 3.96. The predicted molar refractivity (Wildman–Crippen MR) is 88.1 cm³/mol. The Hall–Kier alpha value is -0.760. The average Bonchev–Trinajstić information content (AvgIpc) is 2.71. The molecule has 0 aliphatic carbocycles. The number of sulfonamides is 1. The fraction of sp³-hybridized carbons (Fsp3) is 0.167. The molecular weight excluding hydrogens is 384 g/mol. The lowest BCUT2D eigenvalue weighted by atomic mass is 10.3. The van der Waals surface area contributed by atoms with Crippen molar-refractivity contribution in [1.82, 2.24) is 0 Å². The van der Waals surface area contributed by atoms with E-state index in [2.05, 4.69) is 15.9 Å². The van der Waals surface area contributed by atoms with Crippen molar-refractivity contribution in [2.45, 2.75) is 11.1 Å². The van der Waals surface area contributed by atoms with Gasteiger partial charge >= 0.3 is 0 Å². The van der Waals surface area contributed by atoms with Gasteiger partial charge in [-0.25, -0.2) is 8.42 Å². The maximum absolute atomic E-state index is 12.7. The summed E-state index contributed by atoms with van der Waals surface area (Å²) in [5.74, 6) is 0. The molecule has 0 aliphatic rings. The van der Waals surface area contributed by atoms with Gasteiger partial charge in [-0.2, -0.15) is 0 Å². The Balaban J connectivity index is 2.50. The second-order valence-corrected chi connectivity index (χ2v) is 8.82. The zero-order valence-corrected chi connectivity index (χ0v) is 14.5. The van der Waals surface area contributed by atoms with E-state index in [-0.39, 0.29) is 4.21 Å². The Kier molecular flexibility index (Phi) is 4.63. The zero-order valence-electron chi connectivity index (χ0n) is 10.5. The Morgan fingerprint density at radius 3 is 2.60 bits per heavy atom. The van der Waals surface area contributed by atoms with E-state index < -0.39 is 10.0 Å². The summed E-state index contributed by atoms with van der Waals surface area (Å²) in [6, 6.07) is 8.22. The molecule has 1 aromatic heterocycles. The third kappa shape index (κ3) is 2.95. The Bertz CT molecular complexity index is 711. The van der Waals surface area contributed by atoms with Gasteiger partial charge in [0.25, 0.3) is 10.0 Å². The van der Waals surface area contributed by atoms with E-state index in [4.69, 9.17) is 17.3 Å². The van der Waals surface area contributed by atoms with Gasteiger partial charge in [-0.05, 0) is 47.1 Å². The molecule has 20 heavy (non-hydrogen) atoms. The molecule has 0 unspecified atom stereocenters. The maximum Gasteiger partial charge on any atom is 0.273 e. The quantitative estimate of drug-likeness (QED) is 0.797. The number of anilines is 2. The van der Waals surface area contributed by atoms with Crippen LogP contribution in [0, 0.1) is 0 Å². The lowest BCUT2D eigenvalue weighted by Gasteiger charge is -2.22. The third-order valence-corrected chi connectivity index (χ3v) is 7.44. The van der Waals surface area contributed by atoms with Crippen molar-refractivity contribution in [3.05, 3.63) is 39.1 Å². The number of nitrogens with two attached hydrogens (primary N) is 1. The second-order valence-electron chi connectivity index (χ2n) is 3.95. The van der Waals surface area contributed by atoms with Crippen LogP contribution in [0.25, 0.3) is 0 Å². The van der Waals surface area contributed by atoms with Crippen molar-refractivity contribution in [3.63, 3.8) is 0 Å². The number of benzene rings is 1. The van der Waals surface area contributed by atoms with Crippen LogP contribution in [0.2, 0.25) is 5.02 Å². The van der Waals surface area contributed by atoms with Gasteiger partial charge in [-0.3, -0.25) is 4.31 Å². The highest BCUT2D eigenvalue weighted by atomic mass is 79.9. The number of rotatable bonds is 4. The number of hydrogen-bond acceptors (Lipinski definition) is 4. The van der Waals surface area contributed by atoms with Crippen LogP contribution in [0.4, 0.5) is 11.4 Å². The highest BCUT2D eigenvalue weighted by molar-refractivity contribution is 9.11. The number of thiophene rings is 1. The minimum atomic E-state index is -3.64.